The topological polar surface area (TPSA) is 37.8 Å². The Hall–Kier alpha value is -1.75. The van der Waals surface area contributed by atoms with Crippen LogP contribution in [-0.4, -0.2) is 9.97 Å². The first-order chi connectivity index (χ1) is 9.13. The predicted octanol–water partition coefficient (Wildman–Crippen LogP) is 4.10. The molecule has 19 heavy (non-hydrogen) atoms. The standard InChI is InChI=1S/C13H12ClF2N3/c1-2-4-8-12(14)17-7-18-13(8)19-11-9(15)5-3-6-10(11)16/h3,5-7H,2,4H2,1H3,(H,17,18,19). The highest BCUT2D eigenvalue weighted by molar-refractivity contribution is 6.30. The van der Waals surface area contributed by atoms with Crippen LogP contribution in [0.2, 0.25) is 5.15 Å². The predicted molar refractivity (Wildman–Crippen MR) is 70.7 cm³/mol. The average molecular weight is 284 g/mol. The van der Waals surface area contributed by atoms with E-state index in [1.54, 1.807) is 0 Å². The quantitative estimate of drug-likeness (QED) is 0.858. The highest BCUT2D eigenvalue weighted by Gasteiger charge is 2.13. The smallest absolute Gasteiger partial charge is 0.149 e. The van der Waals surface area contributed by atoms with Gasteiger partial charge in [0.25, 0.3) is 0 Å². The minimum absolute atomic E-state index is 0.241. The van der Waals surface area contributed by atoms with Crippen molar-refractivity contribution in [3.8, 4) is 0 Å². The Morgan fingerprint density at radius 2 is 1.89 bits per heavy atom. The van der Waals surface area contributed by atoms with Gasteiger partial charge in [0.2, 0.25) is 0 Å². The van der Waals surface area contributed by atoms with Crippen molar-refractivity contribution in [3.05, 3.63) is 46.9 Å². The summed E-state index contributed by atoms with van der Waals surface area (Å²) in [6, 6.07) is 3.65. The fourth-order valence-corrected chi connectivity index (χ4v) is 1.93. The average Bonchev–Trinajstić information content (AvgIpc) is 2.38. The monoisotopic (exact) mass is 283 g/mol. The first kappa shape index (κ1) is 13.7. The van der Waals surface area contributed by atoms with Gasteiger partial charge in [-0.25, -0.2) is 18.7 Å². The summed E-state index contributed by atoms with van der Waals surface area (Å²) < 4.78 is 27.2. The van der Waals surface area contributed by atoms with Crippen LogP contribution >= 0.6 is 11.6 Å². The van der Waals surface area contributed by atoms with E-state index in [-0.39, 0.29) is 10.8 Å². The van der Waals surface area contributed by atoms with E-state index in [1.165, 1.54) is 24.5 Å². The van der Waals surface area contributed by atoms with E-state index in [2.05, 4.69) is 15.3 Å². The second kappa shape index (κ2) is 5.93. The molecule has 0 atom stereocenters. The number of rotatable bonds is 4. The number of aromatic nitrogens is 2. The maximum absolute atomic E-state index is 13.6. The summed E-state index contributed by atoms with van der Waals surface area (Å²) in [7, 11) is 0. The number of nitrogens with zero attached hydrogens (tertiary/aromatic N) is 2. The third kappa shape index (κ3) is 2.98. The van der Waals surface area contributed by atoms with E-state index in [1.807, 2.05) is 6.92 Å². The lowest BCUT2D eigenvalue weighted by Crippen LogP contribution is -2.04. The van der Waals surface area contributed by atoms with Gasteiger partial charge in [-0.15, -0.1) is 0 Å². The first-order valence-corrected chi connectivity index (χ1v) is 6.21. The zero-order valence-corrected chi connectivity index (χ0v) is 11.0. The number of benzene rings is 1. The van der Waals surface area contributed by atoms with Gasteiger partial charge in [0.1, 0.15) is 34.6 Å². The van der Waals surface area contributed by atoms with Crippen molar-refractivity contribution in [2.45, 2.75) is 19.8 Å². The van der Waals surface area contributed by atoms with Crippen LogP contribution in [0.3, 0.4) is 0 Å². The van der Waals surface area contributed by atoms with Crippen LogP contribution in [0.5, 0.6) is 0 Å². The van der Waals surface area contributed by atoms with Crippen LogP contribution < -0.4 is 5.32 Å². The molecule has 100 valence electrons. The maximum Gasteiger partial charge on any atom is 0.149 e. The van der Waals surface area contributed by atoms with Gasteiger partial charge in [-0.05, 0) is 18.6 Å². The van der Waals surface area contributed by atoms with Gasteiger partial charge < -0.3 is 5.32 Å². The van der Waals surface area contributed by atoms with Crippen molar-refractivity contribution in [2.24, 2.45) is 0 Å². The Morgan fingerprint density at radius 1 is 1.21 bits per heavy atom. The highest BCUT2D eigenvalue weighted by Crippen LogP contribution is 2.27. The minimum atomic E-state index is -0.683. The third-order valence-electron chi connectivity index (χ3n) is 2.60. The summed E-state index contributed by atoms with van der Waals surface area (Å²) >= 11 is 5.98. The number of para-hydroxylation sites is 1. The molecule has 6 heteroatoms. The molecule has 2 aromatic rings. The Kier molecular flexibility index (Phi) is 4.27. The molecule has 2 rings (SSSR count). The highest BCUT2D eigenvalue weighted by atomic mass is 35.5. The molecule has 0 aliphatic heterocycles. The summed E-state index contributed by atoms with van der Waals surface area (Å²) in [4.78, 5) is 7.87. The Balaban J connectivity index is 2.41. The molecule has 0 spiro atoms. The van der Waals surface area contributed by atoms with Gasteiger partial charge in [0, 0.05) is 5.56 Å². The lowest BCUT2D eigenvalue weighted by molar-refractivity contribution is 0.590. The molecule has 3 nitrogen and oxygen atoms in total. The molecular weight excluding hydrogens is 272 g/mol. The van der Waals surface area contributed by atoms with Crippen LogP contribution in [0.25, 0.3) is 0 Å². The Labute approximate surface area is 114 Å². The summed E-state index contributed by atoms with van der Waals surface area (Å²) in [6.45, 7) is 1.97. The molecule has 0 amide bonds. The number of hydrogen-bond donors (Lipinski definition) is 1. The van der Waals surface area contributed by atoms with Crippen molar-refractivity contribution < 1.29 is 8.78 Å². The van der Waals surface area contributed by atoms with E-state index >= 15 is 0 Å². The molecule has 0 saturated heterocycles. The van der Waals surface area contributed by atoms with Crippen molar-refractivity contribution >= 4 is 23.1 Å². The molecule has 0 aliphatic rings. The second-order valence-electron chi connectivity index (χ2n) is 3.96. The van der Waals surface area contributed by atoms with Gasteiger partial charge in [-0.2, -0.15) is 0 Å². The number of anilines is 2. The SMILES string of the molecule is CCCc1c(Cl)ncnc1Nc1c(F)cccc1F. The Bertz CT molecular complexity index is 570. The van der Waals surface area contributed by atoms with Crippen molar-refractivity contribution in [1.29, 1.82) is 0 Å². The molecule has 1 N–H and O–H groups in total. The summed E-state index contributed by atoms with van der Waals surface area (Å²) in [5.74, 6) is -1.04. The van der Waals surface area contributed by atoms with Crippen molar-refractivity contribution in [1.82, 2.24) is 9.97 Å². The van der Waals surface area contributed by atoms with Crippen LogP contribution in [0, 0.1) is 11.6 Å². The van der Waals surface area contributed by atoms with Gasteiger partial charge in [-0.3, -0.25) is 0 Å². The second-order valence-corrected chi connectivity index (χ2v) is 4.32. The van der Waals surface area contributed by atoms with Gasteiger partial charge in [0.05, 0.1) is 0 Å². The van der Waals surface area contributed by atoms with Crippen LogP contribution in [0.15, 0.2) is 24.5 Å². The summed E-state index contributed by atoms with van der Waals surface area (Å²) in [5.41, 5.74) is 0.406. The molecule has 0 bridgehead atoms. The van der Waals surface area contributed by atoms with E-state index in [9.17, 15) is 8.78 Å². The summed E-state index contributed by atoms with van der Waals surface area (Å²) in [5, 5.41) is 2.94. The number of hydrogen-bond acceptors (Lipinski definition) is 3. The third-order valence-corrected chi connectivity index (χ3v) is 2.92. The summed E-state index contributed by atoms with van der Waals surface area (Å²) in [6.07, 6.45) is 2.70. The molecule has 0 unspecified atom stereocenters. The van der Waals surface area contributed by atoms with E-state index in [0.29, 0.717) is 17.8 Å². The maximum atomic E-state index is 13.6. The molecule has 1 heterocycles. The lowest BCUT2D eigenvalue weighted by Gasteiger charge is -2.12. The molecule has 1 aromatic carbocycles. The van der Waals surface area contributed by atoms with Crippen LogP contribution in [0.1, 0.15) is 18.9 Å². The molecule has 0 aliphatic carbocycles. The van der Waals surface area contributed by atoms with Gasteiger partial charge in [0.15, 0.2) is 0 Å². The molecule has 1 aromatic heterocycles. The minimum Gasteiger partial charge on any atom is -0.335 e. The fraction of sp³-hybridized carbons (Fsp3) is 0.231. The fourth-order valence-electron chi connectivity index (χ4n) is 1.71. The molecule has 0 saturated carbocycles. The Morgan fingerprint density at radius 3 is 2.53 bits per heavy atom. The van der Waals surface area contributed by atoms with E-state index in [4.69, 9.17) is 11.6 Å². The van der Waals surface area contributed by atoms with Gasteiger partial charge >= 0.3 is 0 Å². The van der Waals surface area contributed by atoms with Crippen molar-refractivity contribution in [2.75, 3.05) is 5.32 Å². The van der Waals surface area contributed by atoms with Gasteiger partial charge in [-0.1, -0.05) is 31.0 Å². The van der Waals surface area contributed by atoms with Crippen molar-refractivity contribution in [3.63, 3.8) is 0 Å². The first-order valence-electron chi connectivity index (χ1n) is 5.84. The molecular formula is C13H12ClF2N3. The zero-order valence-electron chi connectivity index (χ0n) is 10.3. The molecule has 0 radical (unpaired) electrons. The zero-order chi connectivity index (χ0) is 13.8. The lowest BCUT2D eigenvalue weighted by atomic mass is 10.2. The van der Waals surface area contributed by atoms with Crippen LogP contribution in [0.4, 0.5) is 20.3 Å². The van der Waals surface area contributed by atoms with E-state index < -0.39 is 11.6 Å². The van der Waals surface area contributed by atoms with E-state index in [0.717, 1.165) is 6.42 Å². The van der Waals surface area contributed by atoms with Crippen LogP contribution in [-0.2, 0) is 6.42 Å². The number of nitrogens with one attached hydrogen (secondary N) is 1. The largest absolute Gasteiger partial charge is 0.335 e. The number of halogens is 3. The molecule has 0 fully saturated rings. The normalized spacial score (nSPS) is 10.5.